The Bertz CT molecular complexity index is 482. The molecule has 1 saturated heterocycles. The SMILES string of the molecule is CC(CN1CCCCC1)NC(=O)c1ccc(Br)cc1N.Cl.Cl. The van der Waals surface area contributed by atoms with Crippen LogP contribution in [-0.2, 0) is 0 Å². The molecule has 3 N–H and O–H groups in total. The molecule has 0 spiro atoms. The monoisotopic (exact) mass is 411 g/mol. The third-order valence-electron chi connectivity index (χ3n) is 3.62. The first-order valence-electron chi connectivity index (χ1n) is 7.14. The predicted octanol–water partition coefficient (Wildman–Crippen LogP) is 3.48. The number of amides is 1. The summed E-state index contributed by atoms with van der Waals surface area (Å²) in [5.41, 5.74) is 6.92. The second-order valence-corrected chi connectivity index (χ2v) is 6.38. The highest BCUT2D eigenvalue weighted by Crippen LogP contribution is 2.18. The highest BCUT2D eigenvalue weighted by atomic mass is 79.9. The van der Waals surface area contributed by atoms with Gasteiger partial charge >= 0.3 is 0 Å². The van der Waals surface area contributed by atoms with Crippen molar-refractivity contribution in [3.05, 3.63) is 28.2 Å². The molecule has 7 heteroatoms. The molecule has 1 atom stereocenters. The Morgan fingerprint density at radius 2 is 1.95 bits per heavy atom. The van der Waals surface area contributed by atoms with Gasteiger partial charge in [-0.15, -0.1) is 24.8 Å². The number of nitrogens with zero attached hydrogens (tertiary/aromatic N) is 1. The summed E-state index contributed by atoms with van der Waals surface area (Å²) in [5, 5.41) is 3.03. The fourth-order valence-electron chi connectivity index (χ4n) is 2.62. The van der Waals surface area contributed by atoms with E-state index in [1.54, 1.807) is 12.1 Å². The fourth-order valence-corrected chi connectivity index (χ4v) is 3.00. The van der Waals surface area contributed by atoms with Gasteiger partial charge in [-0.1, -0.05) is 22.4 Å². The van der Waals surface area contributed by atoms with Crippen molar-refractivity contribution >= 4 is 52.3 Å². The fraction of sp³-hybridized carbons (Fsp3) is 0.533. The Morgan fingerprint density at radius 1 is 1.32 bits per heavy atom. The number of rotatable bonds is 4. The van der Waals surface area contributed by atoms with Gasteiger partial charge in [0.1, 0.15) is 0 Å². The molecule has 1 aromatic carbocycles. The largest absolute Gasteiger partial charge is 0.398 e. The minimum absolute atomic E-state index is 0. The Hall–Kier alpha value is -0.490. The summed E-state index contributed by atoms with van der Waals surface area (Å²) in [6.45, 7) is 5.23. The lowest BCUT2D eigenvalue weighted by Gasteiger charge is -2.29. The molecule has 1 amide bonds. The molecule has 1 aliphatic rings. The van der Waals surface area contributed by atoms with Crippen molar-refractivity contribution < 1.29 is 4.79 Å². The van der Waals surface area contributed by atoms with E-state index in [-0.39, 0.29) is 36.8 Å². The molecule has 126 valence electrons. The zero-order chi connectivity index (χ0) is 14.5. The van der Waals surface area contributed by atoms with Gasteiger partial charge in [-0.05, 0) is 51.1 Å². The number of likely N-dealkylation sites (tertiary alicyclic amines) is 1. The van der Waals surface area contributed by atoms with Crippen LogP contribution >= 0.6 is 40.7 Å². The van der Waals surface area contributed by atoms with Gasteiger partial charge in [0, 0.05) is 22.7 Å². The molecule has 1 heterocycles. The number of carbonyl (C=O) groups is 1. The number of nitrogens with one attached hydrogen (secondary N) is 1. The second-order valence-electron chi connectivity index (χ2n) is 5.47. The zero-order valence-electron chi connectivity index (χ0n) is 12.7. The number of carbonyl (C=O) groups excluding carboxylic acids is 1. The van der Waals surface area contributed by atoms with E-state index in [1.807, 2.05) is 13.0 Å². The molecule has 1 aliphatic heterocycles. The number of nitrogen functional groups attached to an aromatic ring is 1. The molecule has 2 rings (SSSR count). The molecule has 0 saturated carbocycles. The number of benzene rings is 1. The molecule has 0 bridgehead atoms. The van der Waals surface area contributed by atoms with Gasteiger partial charge in [0.2, 0.25) is 0 Å². The van der Waals surface area contributed by atoms with Gasteiger partial charge in [-0.2, -0.15) is 0 Å². The highest BCUT2D eigenvalue weighted by Gasteiger charge is 2.16. The van der Waals surface area contributed by atoms with Crippen molar-refractivity contribution in [1.82, 2.24) is 10.2 Å². The lowest BCUT2D eigenvalue weighted by atomic mass is 10.1. The number of hydrogen-bond donors (Lipinski definition) is 2. The molecule has 0 aliphatic carbocycles. The van der Waals surface area contributed by atoms with Crippen LogP contribution in [0.25, 0.3) is 0 Å². The van der Waals surface area contributed by atoms with E-state index in [4.69, 9.17) is 5.73 Å². The van der Waals surface area contributed by atoms with Crippen LogP contribution in [0.15, 0.2) is 22.7 Å². The summed E-state index contributed by atoms with van der Waals surface area (Å²) in [7, 11) is 0. The van der Waals surface area contributed by atoms with Gasteiger partial charge in [0.25, 0.3) is 5.91 Å². The molecule has 1 fully saturated rings. The lowest BCUT2D eigenvalue weighted by Crippen LogP contribution is -2.43. The van der Waals surface area contributed by atoms with Crippen molar-refractivity contribution in [2.45, 2.75) is 32.2 Å². The molecule has 1 unspecified atom stereocenters. The van der Waals surface area contributed by atoms with E-state index in [0.29, 0.717) is 11.3 Å². The van der Waals surface area contributed by atoms with Crippen molar-refractivity contribution in [1.29, 1.82) is 0 Å². The Balaban J connectivity index is 0.00000220. The van der Waals surface area contributed by atoms with Crippen LogP contribution < -0.4 is 11.1 Å². The number of halogens is 3. The molecule has 4 nitrogen and oxygen atoms in total. The zero-order valence-corrected chi connectivity index (χ0v) is 15.9. The molecule has 0 radical (unpaired) electrons. The minimum atomic E-state index is -0.0977. The van der Waals surface area contributed by atoms with Gasteiger partial charge in [0.05, 0.1) is 5.56 Å². The molecule has 0 aromatic heterocycles. The van der Waals surface area contributed by atoms with Crippen LogP contribution in [-0.4, -0.2) is 36.5 Å². The Morgan fingerprint density at radius 3 is 2.55 bits per heavy atom. The Labute approximate surface area is 153 Å². The van der Waals surface area contributed by atoms with Gasteiger partial charge in [-0.3, -0.25) is 4.79 Å². The average molecular weight is 413 g/mol. The Kier molecular flexibility index (Phi) is 10.1. The van der Waals surface area contributed by atoms with E-state index in [9.17, 15) is 4.79 Å². The molecular weight excluding hydrogens is 389 g/mol. The molecule has 1 aromatic rings. The van der Waals surface area contributed by atoms with Gasteiger partial charge in [0.15, 0.2) is 0 Å². The van der Waals surface area contributed by atoms with E-state index in [1.165, 1.54) is 19.3 Å². The lowest BCUT2D eigenvalue weighted by molar-refractivity contribution is 0.0926. The predicted molar refractivity (Wildman–Crippen MR) is 100 cm³/mol. The van der Waals surface area contributed by atoms with Gasteiger partial charge < -0.3 is 16.0 Å². The van der Waals surface area contributed by atoms with Crippen LogP contribution in [0.4, 0.5) is 5.69 Å². The normalized spacial score (nSPS) is 16.1. The molecule has 22 heavy (non-hydrogen) atoms. The number of nitrogens with two attached hydrogens (primary N) is 1. The summed E-state index contributed by atoms with van der Waals surface area (Å²) in [4.78, 5) is 14.6. The summed E-state index contributed by atoms with van der Waals surface area (Å²) in [6, 6.07) is 5.47. The summed E-state index contributed by atoms with van der Waals surface area (Å²) in [6.07, 6.45) is 3.85. The first kappa shape index (κ1) is 21.5. The van der Waals surface area contributed by atoms with Crippen LogP contribution in [0.2, 0.25) is 0 Å². The summed E-state index contributed by atoms with van der Waals surface area (Å²) < 4.78 is 0.882. The highest BCUT2D eigenvalue weighted by molar-refractivity contribution is 9.10. The molecular formula is C15H24BrCl2N3O. The second kappa shape index (κ2) is 10.3. The van der Waals surface area contributed by atoms with Gasteiger partial charge in [-0.25, -0.2) is 0 Å². The number of piperidine rings is 1. The average Bonchev–Trinajstić information content (AvgIpc) is 2.39. The number of anilines is 1. The first-order valence-corrected chi connectivity index (χ1v) is 7.94. The maximum Gasteiger partial charge on any atom is 0.253 e. The van der Waals surface area contributed by atoms with Crippen molar-refractivity contribution in [3.8, 4) is 0 Å². The minimum Gasteiger partial charge on any atom is -0.398 e. The first-order chi connectivity index (χ1) is 9.56. The van der Waals surface area contributed by atoms with E-state index < -0.39 is 0 Å². The summed E-state index contributed by atoms with van der Waals surface area (Å²) >= 11 is 3.34. The van der Waals surface area contributed by atoms with Crippen LogP contribution in [0.3, 0.4) is 0 Å². The summed E-state index contributed by atoms with van der Waals surface area (Å²) in [5.74, 6) is -0.0977. The van der Waals surface area contributed by atoms with Crippen molar-refractivity contribution in [2.75, 3.05) is 25.4 Å². The van der Waals surface area contributed by atoms with E-state index in [0.717, 1.165) is 24.1 Å². The van der Waals surface area contributed by atoms with Crippen LogP contribution in [0, 0.1) is 0 Å². The maximum absolute atomic E-state index is 12.2. The van der Waals surface area contributed by atoms with Crippen molar-refractivity contribution in [3.63, 3.8) is 0 Å². The van der Waals surface area contributed by atoms with Crippen LogP contribution in [0.1, 0.15) is 36.5 Å². The van der Waals surface area contributed by atoms with Crippen LogP contribution in [0.5, 0.6) is 0 Å². The standard InChI is InChI=1S/C15H22BrN3O.2ClH/c1-11(10-19-7-3-2-4-8-19)18-15(20)13-6-5-12(16)9-14(13)17;;/h5-6,9,11H,2-4,7-8,10,17H2,1H3,(H,18,20);2*1H. The smallest absolute Gasteiger partial charge is 0.253 e. The van der Waals surface area contributed by atoms with E-state index in [2.05, 4.69) is 26.1 Å². The van der Waals surface area contributed by atoms with Crippen molar-refractivity contribution in [2.24, 2.45) is 0 Å². The topological polar surface area (TPSA) is 58.4 Å². The third-order valence-corrected chi connectivity index (χ3v) is 4.11. The number of hydrogen-bond acceptors (Lipinski definition) is 3. The van der Waals surface area contributed by atoms with E-state index >= 15 is 0 Å². The third kappa shape index (κ3) is 6.32. The quantitative estimate of drug-likeness (QED) is 0.744. The maximum atomic E-state index is 12.2.